The zero-order valence-corrected chi connectivity index (χ0v) is 16.7. The minimum absolute atomic E-state index is 0.340. The number of alkyl halides is 6. The molecule has 0 saturated carbocycles. The molecule has 0 spiro atoms. The van der Waals surface area contributed by atoms with Crippen molar-refractivity contribution in [3.63, 3.8) is 0 Å². The predicted octanol–water partition coefficient (Wildman–Crippen LogP) is 2.96. The summed E-state index contributed by atoms with van der Waals surface area (Å²) in [5, 5.41) is 11.4. The molecule has 0 N–H and O–H groups in total. The van der Waals surface area contributed by atoms with Gasteiger partial charge in [-0.25, -0.2) is 0 Å². The Labute approximate surface area is 162 Å². The molecule has 1 heterocycles. The number of aromatic nitrogens is 2. The quantitative estimate of drug-likeness (QED) is 0.473. The fourth-order valence-corrected chi connectivity index (χ4v) is 4.66. The van der Waals surface area contributed by atoms with Gasteiger partial charge in [0.2, 0.25) is 0 Å². The fourth-order valence-electron chi connectivity index (χ4n) is 1.89. The Morgan fingerprint density at radius 2 is 1.65 bits per heavy atom. The van der Waals surface area contributed by atoms with E-state index >= 15 is 0 Å². The molecule has 14 heteroatoms. The first-order valence-electron chi connectivity index (χ1n) is 6.12. The molecule has 2 rings (SSSR count). The Hall–Kier alpha value is -1.21. The Kier molecular flexibility index (Phi) is 5.74. The van der Waals surface area contributed by atoms with E-state index < -0.39 is 48.7 Å². The zero-order valence-electron chi connectivity index (χ0n) is 11.9. The van der Waals surface area contributed by atoms with E-state index in [0.29, 0.717) is 33.7 Å². The summed E-state index contributed by atoms with van der Waals surface area (Å²) in [5.74, 6) is 0. The second kappa shape index (κ2) is 7.07. The molecule has 4 nitrogen and oxygen atoms in total. The summed E-state index contributed by atoms with van der Waals surface area (Å²) < 4.78 is 88.6. The third-order valence-corrected chi connectivity index (χ3v) is 6.26. The summed E-state index contributed by atoms with van der Waals surface area (Å²) in [6, 6.07) is 2.41. The number of benzene rings is 1. The van der Waals surface area contributed by atoms with Gasteiger partial charge < -0.3 is 0 Å². The van der Waals surface area contributed by atoms with Gasteiger partial charge in [-0.2, -0.15) is 0 Å². The van der Waals surface area contributed by atoms with E-state index in [0.717, 1.165) is 0 Å². The van der Waals surface area contributed by atoms with Crippen LogP contribution in [0, 0.1) is 11.3 Å². The molecule has 0 bridgehead atoms. The van der Waals surface area contributed by atoms with Gasteiger partial charge in [0.1, 0.15) is 0 Å². The van der Waals surface area contributed by atoms with E-state index in [1.807, 2.05) is 0 Å². The van der Waals surface area contributed by atoms with Crippen LogP contribution in [0.3, 0.4) is 0 Å². The van der Waals surface area contributed by atoms with Gasteiger partial charge >= 0.3 is 163 Å². The Morgan fingerprint density at radius 1 is 1.15 bits per heavy atom. The molecule has 0 radical (unpaired) electrons. The van der Waals surface area contributed by atoms with Crippen LogP contribution in [-0.2, 0) is 17.0 Å². The van der Waals surface area contributed by atoms with Crippen LogP contribution in [0.1, 0.15) is 11.3 Å². The van der Waals surface area contributed by atoms with Crippen molar-refractivity contribution >= 4 is 55.3 Å². The van der Waals surface area contributed by atoms with Crippen molar-refractivity contribution in [3.8, 4) is 11.8 Å². The summed E-state index contributed by atoms with van der Waals surface area (Å²) in [7, 11) is -3.56. The van der Waals surface area contributed by atoms with Crippen molar-refractivity contribution in [3.05, 3.63) is 33.4 Å². The maximum absolute atomic E-state index is 12.8. The van der Waals surface area contributed by atoms with Gasteiger partial charge in [0, 0.05) is 0 Å². The number of nitriles is 1. The third-order valence-electron chi connectivity index (χ3n) is 2.93. The molecule has 0 aliphatic carbocycles. The molecular weight excluding hydrogens is 494 g/mol. The molecule has 2 aromatic rings. The number of halogens is 8. The van der Waals surface area contributed by atoms with E-state index in [9.17, 15) is 30.6 Å². The van der Waals surface area contributed by atoms with Gasteiger partial charge in [0.05, 0.1) is 0 Å². The van der Waals surface area contributed by atoms with E-state index in [1.165, 1.54) is 6.07 Å². The summed E-state index contributed by atoms with van der Waals surface area (Å²) in [4.78, 5) is -0.896. The van der Waals surface area contributed by atoms with Gasteiger partial charge in [-0.15, -0.1) is 0 Å². The molecule has 0 aliphatic heterocycles. The van der Waals surface area contributed by atoms with Crippen LogP contribution in [-0.4, -0.2) is 36.4 Å². The van der Waals surface area contributed by atoms with Gasteiger partial charge in [0.15, 0.2) is 0 Å². The second-order valence-electron chi connectivity index (χ2n) is 4.59. The van der Waals surface area contributed by atoms with Gasteiger partial charge in [0.25, 0.3) is 0 Å². The molecule has 0 saturated heterocycles. The third kappa shape index (κ3) is 3.88. The van der Waals surface area contributed by atoms with E-state index in [2.05, 4.69) is 5.10 Å². The number of nitrogens with zero attached hydrogens (tertiary/aromatic N) is 3. The molecule has 2 unspecified atom stereocenters. The summed E-state index contributed by atoms with van der Waals surface area (Å²) in [6.45, 7) is 0. The summed E-state index contributed by atoms with van der Waals surface area (Å²) in [6.07, 6.45) is -4.75. The number of hydrogen-bond acceptors (Lipinski definition) is 3. The van der Waals surface area contributed by atoms with Crippen LogP contribution in [0.15, 0.2) is 17.0 Å². The van der Waals surface area contributed by atoms with Gasteiger partial charge in [-0.1, -0.05) is 0 Å². The van der Waals surface area contributed by atoms with E-state index in [4.69, 9.17) is 28.5 Å². The van der Waals surface area contributed by atoms with Crippen LogP contribution in [0.4, 0.5) is 26.3 Å². The minimum atomic E-state index is -5.16. The van der Waals surface area contributed by atoms with Crippen LogP contribution in [0.5, 0.6) is 0 Å². The van der Waals surface area contributed by atoms with Crippen molar-refractivity contribution in [1.82, 2.24) is 9.78 Å². The Balaban J connectivity index is 2.75. The monoisotopic (exact) mass is 497 g/mol. The summed E-state index contributed by atoms with van der Waals surface area (Å²) in [5.41, 5.74) is -7.49. The van der Waals surface area contributed by atoms with Crippen molar-refractivity contribution in [2.24, 2.45) is 0 Å². The molecular formula is C12H4AsCl2F6N3OS. The number of rotatable bonds is 2. The molecule has 1 aromatic heterocycles. The molecule has 2 atom stereocenters. The number of hydrogen-bond donors (Lipinski definition) is 0. The van der Waals surface area contributed by atoms with Crippen LogP contribution < -0.4 is 4.48 Å². The van der Waals surface area contributed by atoms with Crippen molar-refractivity contribution in [2.45, 2.75) is 16.6 Å². The molecule has 0 fully saturated rings. The second-order valence-corrected chi connectivity index (χ2v) is 7.96. The van der Waals surface area contributed by atoms with Crippen LogP contribution in [0.2, 0.25) is 10.0 Å². The Morgan fingerprint density at radius 3 is 2.04 bits per heavy atom. The topological polar surface area (TPSA) is 58.7 Å². The molecule has 0 aliphatic rings. The molecule has 0 amide bonds. The fraction of sp³-hybridized carbons (Fsp3) is 0.167. The normalized spacial score (nSPS) is 13.5. The predicted molar refractivity (Wildman–Crippen MR) is 83.9 cm³/mol. The summed E-state index contributed by atoms with van der Waals surface area (Å²) >= 11 is 12.1. The van der Waals surface area contributed by atoms with Crippen molar-refractivity contribution in [1.29, 1.82) is 5.26 Å². The standard InChI is InChI=1S/C12H4AsCl2F6N3OS/c13-10-9(26(25)12(19,20)21)7(3-22)23-24(10)8-5(14)1-4(2-6(8)15)11(16,17)18/h1-2H,13H2. The van der Waals surface area contributed by atoms with Crippen LogP contribution in [0.25, 0.3) is 5.69 Å². The van der Waals surface area contributed by atoms with Gasteiger partial charge in [-0.05, 0) is 0 Å². The molecule has 26 heavy (non-hydrogen) atoms. The average Bonchev–Trinajstić information content (AvgIpc) is 2.80. The SMILES string of the molecule is N#Cc1nn(-c2c(Cl)cc(C(F)(F)F)cc2Cl)c([AsH2])c1S(=O)C(F)(F)F. The van der Waals surface area contributed by atoms with E-state index in [-0.39, 0.29) is 10.2 Å². The van der Waals surface area contributed by atoms with E-state index in [1.54, 1.807) is 0 Å². The maximum atomic E-state index is 12.8. The van der Waals surface area contributed by atoms with Crippen LogP contribution >= 0.6 is 23.2 Å². The first-order chi connectivity index (χ1) is 11.8. The van der Waals surface area contributed by atoms with Crippen molar-refractivity contribution in [2.75, 3.05) is 0 Å². The Bertz CT molecular complexity index is 927. The van der Waals surface area contributed by atoms with Crippen molar-refractivity contribution < 1.29 is 30.6 Å². The average molecular weight is 498 g/mol. The molecule has 1 aromatic carbocycles. The first-order valence-corrected chi connectivity index (χ1v) is 9.24. The van der Waals surface area contributed by atoms with Gasteiger partial charge in [-0.3, -0.25) is 0 Å². The molecule has 140 valence electrons. The zero-order chi connectivity index (χ0) is 20.0. The first kappa shape index (κ1) is 21.1.